The fourth-order valence-corrected chi connectivity index (χ4v) is 2.14. The van der Waals surface area contributed by atoms with E-state index in [1.807, 2.05) is 13.8 Å². The van der Waals surface area contributed by atoms with Gasteiger partial charge < -0.3 is 15.7 Å². The standard InChI is InChI=1S/C12H22N2O3/c1-3-8(2)10(13)11(15)14-7-5-4-6-9(14)12(16)17/h8-10H,3-7,13H2,1-2H3,(H,16,17)/t8?,9-,10?/m1/s1. The van der Waals surface area contributed by atoms with Gasteiger partial charge in [-0.05, 0) is 25.2 Å². The summed E-state index contributed by atoms with van der Waals surface area (Å²) in [5.74, 6) is -1.06. The summed E-state index contributed by atoms with van der Waals surface area (Å²) in [6, 6.07) is -1.27. The molecule has 3 atom stereocenters. The molecule has 1 amide bonds. The number of aliphatic carboxylic acids is 1. The molecule has 0 spiro atoms. The molecule has 0 aromatic carbocycles. The van der Waals surface area contributed by atoms with Crippen molar-refractivity contribution in [3.05, 3.63) is 0 Å². The number of rotatable bonds is 4. The molecule has 0 bridgehead atoms. The van der Waals surface area contributed by atoms with Gasteiger partial charge in [0.2, 0.25) is 5.91 Å². The number of nitrogens with zero attached hydrogens (tertiary/aromatic N) is 1. The van der Waals surface area contributed by atoms with Crippen LogP contribution < -0.4 is 5.73 Å². The van der Waals surface area contributed by atoms with Crippen molar-refractivity contribution in [3.63, 3.8) is 0 Å². The van der Waals surface area contributed by atoms with Crippen LogP contribution >= 0.6 is 0 Å². The average Bonchev–Trinajstić information content (AvgIpc) is 2.35. The third kappa shape index (κ3) is 3.19. The number of nitrogens with two attached hydrogens (primary N) is 1. The van der Waals surface area contributed by atoms with Gasteiger partial charge in [-0.2, -0.15) is 0 Å². The van der Waals surface area contributed by atoms with Crippen LogP contribution in [0.4, 0.5) is 0 Å². The Balaban J connectivity index is 2.74. The van der Waals surface area contributed by atoms with Gasteiger partial charge in [-0.1, -0.05) is 20.3 Å². The smallest absolute Gasteiger partial charge is 0.326 e. The van der Waals surface area contributed by atoms with Crippen LogP contribution in [0.25, 0.3) is 0 Å². The van der Waals surface area contributed by atoms with Gasteiger partial charge >= 0.3 is 5.97 Å². The molecule has 0 radical (unpaired) electrons. The molecule has 17 heavy (non-hydrogen) atoms. The van der Waals surface area contributed by atoms with E-state index in [1.54, 1.807) is 0 Å². The first kappa shape index (κ1) is 14.0. The summed E-state index contributed by atoms with van der Waals surface area (Å²) in [6.07, 6.45) is 3.08. The third-order valence-electron chi connectivity index (χ3n) is 3.61. The van der Waals surface area contributed by atoms with E-state index in [0.717, 1.165) is 19.3 Å². The maximum absolute atomic E-state index is 12.2. The summed E-state index contributed by atoms with van der Waals surface area (Å²) in [5.41, 5.74) is 5.88. The Morgan fingerprint density at radius 3 is 2.65 bits per heavy atom. The van der Waals surface area contributed by atoms with Crippen molar-refractivity contribution in [2.75, 3.05) is 6.54 Å². The predicted octanol–water partition coefficient (Wildman–Crippen LogP) is 0.825. The molecule has 2 unspecified atom stereocenters. The number of carbonyl (C=O) groups excluding carboxylic acids is 1. The zero-order valence-electron chi connectivity index (χ0n) is 10.6. The molecule has 1 rings (SSSR count). The monoisotopic (exact) mass is 242 g/mol. The minimum atomic E-state index is -0.922. The Morgan fingerprint density at radius 2 is 2.12 bits per heavy atom. The molecule has 98 valence electrons. The molecule has 1 aliphatic rings. The maximum Gasteiger partial charge on any atom is 0.326 e. The second kappa shape index (κ2) is 6.00. The fraction of sp³-hybridized carbons (Fsp3) is 0.833. The molecule has 3 N–H and O–H groups in total. The number of amides is 1. The summed E-state index contributed by atoms with van der Waals surface area (Å²) in [6.45, 7) is 4.41. The Hall–Kier alpha value is -1.10. The van der Waals surface area contributed by atoms with Crippen molar-refractivity contribution in [3.8, 4) is 0 Å². The van der Waals surface area contributed by atoms with Crippen molar-refractivity contribution < 1.29 is 14.7 Å². The molecule has 1 saturated heterocycles. The van der Waals surface area contributed by atoms with E-state index in [0.29, 0.717) is 13.0 Å². The molecule has 1 fully saturated rings. The molecule has 0 aromatic rings. The van der Waals surface area contributed by atoms with E-state index in [4.69, 9.17) is 10.8 Å². The molecule has 0 aromatic heterocycles. The van der Waals surface area contributed by atoms with Gasteiger partial charge in [0.1, 0.15) is 6.04 Å². The van der Waals surface area contributed by atoms with Gasteiger partial charge in [-0.3, -0.25) is 4.79 Å². The van der Waals surface area contributed by atoms with Crippen LogP contribution in [0.2, 0.25) is 0 Å². The van der Waals surface area contributed by atoms with Gasteiger partial charge in [0.15, 0.2) is 0 Å². The van der Waals surface area contributed by atoms with Gasteiger partial charge in [-0.15, -0.1) is 0 Å². The van der Waals surface area contributed by atoms with Crippen molar-refractivity contribution in [2.24, 2.45) is 11.7 Å². The molecular formula is C12H22N2O3. The van der Waals surface area contributed by atoms with Gasteiger partial charge in [0.25, 0.3) is 0 Å². The Bertz CT molecular complexity index is 293. The molecule has 5 heteroatoms. The number of hydrogen-bond acceptors (Lipinski definition) is 3. The van der Waals surface area contributed by atoms with Crippen LogP contribution in [0.3, 0.4) is 0 Å². The van der Waals surface area contributed by atoms with Crippen LogP contribution in [-0.4, -0.2) is 40.5 Å². The number of carbonyl (C=O) groups is 2. The molecule has 1 heterocycles. The van der Waals surface area contributed by atoms with Gasteiger partial charge in [0, 0.05) is 6.54 Å². The van der Waals surface area contributed by atoms with Crippen LogP contribution in [0.1, 0.15) is 39.5 Å². The van der Waals surface area contributed by atoms with E-state index < -0.39 is 18.1 Å². The first-order valence-electron chi connectivity index (χ1n) is 6.27. The first-order valence-corrected chi connectivity index (χ1v) is 6.27. The van der Waals surface area contributed by atoms with E-state index in [-0.39, 0.29) is 11.8 Å². The van der Waals surface area contributed by atoms with E-state index in [1.165, 1.54) is 4.90 Å². The zero-order chi connectivity index (χ0) is 13.0. The average molecular weight is 242 g/mol. The second-order valence-corrected chi connectivity index (χ2v) is 4.79. The third-order valence-corrected chi connectivity index (χ3v) is 3.61. The molecule has 1 aliphatic heterocycles. The van der Waals surface area contributed by atoms with Crippen molar-refractivity contribution in [1.29, 1.82) is 0 Å². The Kier molecular flexibility index (Phi) is 4.93. The topological polar surface area (TPSA) is 83.6 Å². The lowest BCUT2D eigenvalue weighted by molar-refractivity contribution is -0.153. The van der Waals surface area contributed by atoms with Gasteiger partial charge in [0.05, 0.1) is 6.04 Å². The summed E-state index contributed by atoms with van der Waals surface area (Å²) in [4.78, 5) is 24.7. The highest BCUT2D eigenvalue weighted by Gasteiger charge is 2.35. The summed E-state index contributed by atoms with van der Waals surface area (Å²) in [5, 5.41) is 9.10. The quantitative estimate of drug-likeness (QED) is 0.764. The SMILES string of the molecule is CCC(C)C(N)C(=O)N1CCCC[C@@H]1C(=O)O. The number of hydrogen-bond donors (Lipinski definition) is 2. The highest BCUT2D eigenvalue weighted by Crippen LogP contribution is 2.20. The molecule has 0 saturated carbocycles. The molecule has 5 nitrogen and oxygen atoms in total. The molecular weight excluding hydrogens is 220 g/mol. The number of piperidine rings is 1. The van der Waals surface area contributed by atoms with Crippen molar-refractivity contribution in [1.82, 2.24) is 4.90 Å². The lowest BCUT2D eigenvalue weighted by atomic mass is 9.95. The number of likely N-dealkylation sites (tertiary alicyclic amines) is 1. The number of carboxylic acids is 1. The van der Waals surface area contributed by atoms with E-state index >= 15 is 0 Å². The minimum absolute atomic E-state index is 0.0823. The lowest BCUT2D eigenvalue weighted by Crippen LogP contribution is -2.55. The second-order valence-electron chi connectivity index (χ2n) is 4.79. The van der Waals surface area contributed by atoms with E-state index in [9.17, 15) is 9.59 Å². The fourth-order valence-electron chi connectivity index (χ4n) is 2.14. The van der Waals surface area contributed by atoms with Gasteiger partial charge in [-0.25, -0.2) is 4.79 Å². The van der Waals surface area contributed by atoms with E-state index in [2.05, 4.69) is 0 Å². The van der Waals surface area contributed by atoms with Crippen molar-refractivity contribution in [2.45, 2.75) is 51.6 Å². The molecule has 0 aliphatic carbocycles. The van der Waals surface area contributed by atoms with Crippen LogP contribution in [0.5, 0.6) is 0 Å². The normalized spacial score (nSPS) is 24.2. The lowest BCUT2D eigenvalue weighted by Gasteiger charge is -2.35. The highest BCUT2D eigenvalue weighted by atomic mass is 16.4. The van der Waals surface area contributed by atoms with Crippen LogP contribution in [0, 0.1) is 5.92 Å². The van der Waals surface area contributed by atoms with Crippen LogP contribution in [0.15, 0.2) is 0 Å². The van der Waals surface area contributed by atoms with Crippen molar-refractivity contribution >= 4 is 11.9 Å². The highest BCUT2D eigenvalue weighted by molar-refractivity contribution is 5.87. The zero-order valence-corrected chi connectivity index (χ0v) is 10.6. The summed E-state index contributed by atoms with van der Waals surface area (Å²) in [7, 11) is 0. The first-order chi connectivity index (χ1) is 7.99. The predicted molar refractivity (Wildman–Crippen MR) is 64.4 cm³/mol. The summed E-state index contributed by atoms with van der Waals surface area (Å²) < 4.78 is 0. The Labute approximate surface area is 102 Å². The summed E-state index contributed by atoms with van der Waals surface area (Å²) >= 11 is 0. The minimum Gasteiger partial charge on any atom is -0.480 e. The maximum atomic E-state index is 12.2. The Morgan fingerprint density at radius 1 is 1.47 bits per heavy atom. The number of carboxylic acid groups (broad SMARTS) is 1. The largest absolute Gasteiger partial charge is 0.480 e. The van der Waals surface area contributed by atoms with Crippen LogP contribution in [-0.2, 0) is 9.59 Å².